The van der Waals surface area contributed by atoms with Gasteiger partial charge in [0, 0.05) is 97.4 Å². The number of amides is 5. The van der Waals surface area contributed by atoms with Crippen molar-refractivity contribution >= 4 is 63.1 Å². The number of benzene rings is 3. The molecule has 2 aromatic heterocycles. The van der Waals surface area contributed by atoms with Crippen molar-refractivity contribution in [3.63, 3.8) is 0 Å². The first-order valence-electron chi connectivity index (χ1n) is 23.2. The molecule has 68 heavy (non-hydrogen) atoms. The van der Waals surface area contributed by atoms with E-state index in [0.717, 1.165) is 49.4 Å². The number of imidazole rings is 1. The van der Waals surface area contributed by atoms with Crippen LogP contribution < -0.4 is 25.8 Å². The molecule has 6 aliphatic rings. The zero-order chi connectivity index (χ0) is 46.9. The molecule has 0 aliphatic carbocycles. The van der Waals surface area contributed by atoms with Crippen molar-refractivity contribution < 1.29 is 37.9 Å². The molecule has 4 fully saturated rings. The van der Waals surface area contributed by atoms with Crippen molar-refractivity contribution in [1.29, 1.82) is 0 Å². The monoisotopic (exact) mass is 944 g/mol. The number of nitrogens with one attached hydrogen (secondary N) is 3. The van der Waals surface area contributed by atoms with E-state index in [9.17, 15) is 29.1 Å². The zero-order valence-electron chi connectivity index (χ0n) is 37.2. The Morgan fingerprint density at radius 1 is 0.897 bits per heavy atom. The maximum absolute atomic E-state index is 16.0. The van der Waals surface area contributed by atoms with Gasteiger partial charge < -0.3 is 34.6 Å². The summed E-state index contributed by atoms with van der Waals surface area (Å²) in [5.74, 6) is -2.72. The number of imide groups is 1. The summed E-state index contributed by atoms with van der Waals surface area (Å²) in [5, 5.41) is 21.9. The van der Waals surface area contributed by atoms with Gasteiger partial charge in [-0.3, -0.25) is 34.6 Å². The Kier molecular flexibility index (Phi) is 11.0. The second kappa shape index (κ2) is 17.1. The van der Waals surface area contributed by atoms with Crippen molar-refractivity contribution in [2.75, 3.05) is 59.7 Å². The van der Waals surface area contributed by atoms with E-state index in [4.69, 9.17) is 0 Å². The van der Waals surface area contributed by atoms with Crippen LogP contribution in [0.25, 0.3) is 11.1 Å². The highest BCUT2D eigenvalue weighted by molar-refractivity contribution is 7.13. The van der Waals surface area contributed by atoms with Crippen molar-refractivity contribution in [3.8, 4) is 11.1 Å². The number of hydrogen-bond donors (Lipinski definition) is 4. The van der Waals surface area contributed by atoms with E-state index in [1.54, 1.807) is 36.1 Å². The Labute approximate surface area is 394 Å². The normalized spacial score (nSPS) is 22.3. The number of rotatable bonds is 11. The van der Waals surface area contributed by atoms with Crippen LogP contribution in [0, 0.1) is 17.0 Å². The number of piperidine rings is 1. The van der Waals surface area contributed by atoms with Crippen LogP contribution in [-0.2, 0) is 38.7 Å². The third-order valence-corrected chi connectivity index (χ3v) is 15.3. The van der Waals surface area contributed by atoms with E-state index in [1.165, 1.54) is 28.4 Å². The summed E-state index contributed by atoms with van der Waals surface area (Å²) in [4.78, 5) is 81.3. The second-order valence-electron chi connectivity index (χ2n) is 19.2. The Morgan fingerprint density at radius 3 is 2.49 bits per heavy atom. The molecule has 5 amide bonds. The minimum Gasteiger partial charge on any atom is -0.389 e. The minimum atomic E-state index is -1.21. The van der Waals surface area contributed by atoms with Crippen LogP contribution in [0.5, 0.6) is 0 Å². The van der Waals surface area contributed by atoms with Crippen molar-refractivity contribution in [3.05, 3.63) is 107 Å². The number of thiazole rings is 1. The number of carbonyl (C=O) groups excluding carboxylic acids is 5. The summed E-state index contributed by atoms with van der Waals surface area (Å²) in [6.45, 7) is 4.33. The third kappa shape index (κ3) is 8.14. The Balaban J connectivity index is 0.681. The van der Waals surface area contributed by atoms with Crippen molar-refractivity contribution in [2.24, 2.45) is 5.41 Å². The molecule has 3 aromatic carbocycles. The van der Waals surface area contributed by atoms with Crippen molar-refractivity contribution in [2.45, 2.75) is 82.1 Å². The number of likely N-dealkylation sites (tertiary alicyclic amines) is 1. The fraction of sp³-hybridized carbons (Fsp3) is 0.408. The predicted molar refractivity (Wildman–Crippen MR) is 249 cm³/mol. The molecule has 0 saturated carbocycles. The van der Waals surface area contributed by atoms with Gasteiger partial charge in [0.25, 0.3) is 11.8 Å². The molecule has 19 heteroatoms. The third-order valence-electron chi connectivity index (χ3n) is 14.6. The summed E-state index contributed by atoms with van der Waals surface area (Å²) in [7, 11) is 0. The average Bonchev–Trinajstić information content (AvgIpc) is 4.09. The number of halogens is 2. The lowest BCUT2D eigenvalue weighted by atomic mass is 9.72. The molecular formula is C49H50F2N10O6S. The zero-order valence-corrected chi connectivity index (χ0v) is 38.0. The van der Waals surface area contributed by atoms with Gasteiger partial charge in [-0.05, 0) is 92.1 Å². The quantitative estimate of drug-likeness (QED) is 0.127. The maximum Gasteiger partial charge on any atom is 0.255 e. The van der Waals surface area contributed by atoms with Crippen LogP contribution in [0.1, 0.15) is 78.3 Å². The highest BCUT2D eigenvalue weighted by Crippen LogP contribution is 2.44. The Morgan fingerprint density at radius 2 is 1.72 bits per heavy atom. The molecule has 4 N–H and O–H groups in total. The van der Waals surface area contributed by atoms with Gasteiger partial charge in [-0.15, -0.1) is 11.3 Å². The number of hydrogen-bond acceptors (Lipinski definition) is 12. The molecule has 4 saturated heterocycles. The first-order valence-corrected chi connectivity index (χ1v) is 24.1. The molecule has 0 radical (unpaired) electrons. The number of aromatic nitrogens is 3. The van der Waals surface area contributed by atoms with E-state index in [0.29, 0.717) is 79.6 Å². The summed E-state index contributed by atoms with van der Waals surface area (Å²) in [6, 6.07) is 13.9. The fourth-order valence-electron chi connectivity index (χ4n) is 11.0. The van der Waals surface area contributed by atoms with E-state index in [-0.39, 0.29) is 47.7 Å². The van der Waals surface area contributed by atoms with Gasteiger partial charge in [-0.25, -0.2) is 18.7 Å². The molecule has 6 aliphatic heterocycles. The predicted octanol–water partition coefficient (Wildman–Crippen LogP) is 5.24. The molecular weight excluding hydrogens is 895 g/mol. The molecule has 8 heterocycles. The van der Waals surface area contributed by atoms with Gasteiger partial charge in [-0.1, -0.05) is 12.1 Å². The molecule has 352 valence electrons. The molecule has 16 nitrogen and oxygen atoms in total. The highest BCUT2D eigenvalue weighted by Gasteiger charge is 2.54. The Hall–Kier alpha value is -6.73. The largest absolute Gasteiger partial charge is 0.389 e. The van der Waals surface area contributed by atoms with Gasteiger partial charge in [0.15, 0.2) is 11.2 Å². The van der Waals surface area contributed by atoms with E-state index >= 15 is 8.78 Å². The van der Waals surface area contributed by atoms with Crippen LogP contribution >= 0.6 is 11.3 Å². The SMILES string of the molecule is O=C1CC[C@@H](Nc2ccc(N3CCC[C@](O)(CC(=O)N4CC5(C4)CN(c4ccc(-c6cc(F)c7c(c6)C(=O)N(C(C(=O)Nc6nccs6)c6ncn8c6CCC8)C7)cc4)C5)CC3)c(F)c2)C(=O)N1. The van der Waals surface area contributed by atoms with E-state index < -0.39 is 47.0 Å². The van der Waals surface area contributed by atoms with Gasteiger partial charge in [0.2, 0.25) is 17.7 Å². The first kappa shape index (κ1) is 43.8. The molecule has 0 bridgehead atoms. The standard InChI is InChI=1S/C49H50F2N10O6S/c50-35-20-30(19-33-34(35)23-61(46(33)66)43(45(65)56-47-52-14-18-68-47)42-39-3-1-15-58(39)28-53-42)29-4-7-32(8-5-29)59-24-48(25-59)26-60(27-48)41(63)22-49(67)12-2-16-57(17-13-49)38-10-6-31(21-36(38)51)54-37-9-11-40(62)55-44(37)64/h4-8,10,14,18-21,28,37,43,54,67H,1-3,9,11-13,15-17,22-27H2,(H,52,56,65)(H,55,62,64)/t37-,43?,49-/m1/s1. The van der Waals surface area contributed by atoms with Crippen molar-refractivity contribution in [1.82, 2.24) is 29.7 Å². The van der Waals surface area contributed by atoms with Gasteiger partial charge >= 0.3 is 0 Å². The average molecular weight is 945 g/mol. The number of nitrogens with zero attached hydrogens (tertiary/aromatic N) is 7. The summed E-state index contributed by atoms with van der Waals surface area (Å²) in [6.07, 6.45) is 6.77. The van der Waals surface area contributed by atoms with E-state index in [1.807, 2.05) is 38.6 Å². The van der Waals surface area contributed by atoms with Crippen LogP contribution in [0.3, 0.4) is 0 Å². The first-order chi connectivity index (χ1) is 32.8. The van der Waals surface area contributed by atoms with Gasteiger partial charge in [0.1, 0.15) is 17.7 Å². The molecule has 5 aromatic rings. The summed E-state index contributed by atoms with van der Waals surface area (Å²) in [5.41, 5.74) is 3.71. The second-order valence-corrected chi connectivity index (χ2v) is 20.1. The number of fused-ring (bicyclic) bond motifs is 2. The number of aliphatic hydroxyl groups is 1. The van der Waals surface area contributed by atoms with Gasteiger partial charge in [-0.2, -0.15) is 0 Å². The maximum atomic E-state index is 16.0. The summed E-state index contributed by atoms with van der Waals surface area (Å²) >= 11 is 1.27. The topological polar surface area (TPSA) is 185 Å². The van der Waals surface area contributed by atoms with Crippen LogP contribution in [0.15, 0.2) is 72.5 Å². The molecule has 1 unspecified atom stereocenters. The van der Waals surface area contributed by atoms with Crippen LogP contribution in [0.2, 0.25) is 0 Å². The summed E-state index contributed by atoms with van der Waals surface area (Å²) < 4.78 is 33.4. The smallest absolute Gasteiger partial charge is 0.255 e. The number of carbonyl (C=O) groups is 5. The van der Waals surface area contributed by atoms with Gasteiger partial charge in [0.05, 0.1) is 36.3 Å². The molecule has 3 atom stereocenters. The van der Waals surface area contributed by atoms with E-state index in [2.05, 4.69) is 30.8 Å². The fourth-order valence-corrected chi connectivity index (χ4v) is 11.5. The highest BCUT2D eigenvalue weighted by atomic mass is 32.1. The molecule has 1 spiro atoms. The Bertz CT molecular complexity index is 2840. The lowest BCUT2D eigenvalue weighted by Gasteiger charge is -2.61. The van der Waals surface area contributed by atoms with Crippen LogP contribution in [0.4, 0.5) is 31.0 Å². The van der Waals surface area contributed by atoms with Crippen LogP contribution in [-0.4, -0.2) is 110 Å². The lowest BCUT2D eigenvalue weighted by molar-refractivity contribution is -0.150. The number of aryl methyl sites for hydroxylation is 1. The number of anilines is 4. The minimum absolute atomic E-state index is 0.00182. The molecule has 11 rings (SSSR count). The lowest BCUT2D eigenvalue weighted by Crippen LogP contribution is -2.73.